The summed E-state index contributed by atoms with van der Waals surface area (Å²) in [5, 5.41) is 3.08. The van der Waals surface area contributed by atoms with Crippen LogP contribution >= 0.6 is 11.3 Å². The van der Waals surface area contributed by atoms with E-state index in [9.17, 15) is 4.79 Å². The van der Waals surface area contributed by atoms with Crippen molar-refractivity contribution in [2.75, 3.05) is 45.8 Å². The summed E-state index contributed by atoms with van der Waals surface area (Å²) in [6.45, 7) is 16.2. The summed E-state index contributed by atoms with van der Waals surface area (Å²) in [4.78, 5) is 19.2. The molecule has 4 nitrogen and oxygen atoms in total. The first-order chi connectivity index (χ1) is 10.5. The maximum atomic E-state index is 12.2. The zero-order valence-corrected chi connectivity index (χ0v) is 15.1. The van der Waals surface area contributed by atoms with Gasteiger partial charge in [-0.05, 0) is 37.9 Å². The Kier molecular flexibility index (Phi) is 6.41. The monoisotopic (exact) mass is 323 g/mol. The molecular formula is C17H29N3OS. The lowest BCUT2D eigenvalue weighted by Gasteiger charge is -2.35. The number of aryl methyl sites for hydroxylation is 2. The van der Waals surface area contributed by atoms with Crippen molar-refractivity contribution in [1.82, 2.24) is 15.1 Å². The fourth-order valence-corrected chi connectivity index (χ4v) is 3.78. The van der Waals surface area contributed by atoms with Gasteiger partial charge in [-0.1, -0.05) is 13.8 Å². The molecule has 0 spiro atoms. The van der Waals surface area contributed by atoms with E-state index in [1.807, 2.05) is 6.07 Å². The summed E-state index contributed by atoms with van der Waals surface area (Å²) in [7, 11) is 0. The first kappa shape index (κ1) is 17.4. The molecule has 0 bridgehead atoms. The highest BCUT2D eigenvalue weighted by atomic mass is 32.1. The van der Waals surface area contributed by atoms with Crippen molar-refractivity contribution < 1.29 is 4.79 Å². The zero-order chi connectivity index (χ0) is 16.1. The molecule has 0 unspecified atom stereocenters. The van der Waals surface area contributed by atoms with Gasteiger partial charge in [-0.3, -0.25) is 4.79 Å². The molecule has 1 aliphatic rings. The first-order valence-corrected chi connectivity index (χ1v) is 9.11. The Hall–Kier alpha value is -0.910. The first-order valence-electron chi connectivity index (χ1n) is 8.29. The zero-order valence-electron chi connectivity index (χ0n) is 14.3. The maximum Gasteiger partial charge on any atom is 0.261 e. The van der Waals surface area contributed by atoms with E-state index in [0.29, 0.717) is 5.92 Å². The molecule has 0 aliphatic carbocycles. The number of nitrogens with zero attached hydrogens (tertiary/aromatic N) is 2. The second kappa shape index (κ2) is 8.09. The molecular weight excluding hydrogens is 294 g/mol. The molecule has 0 saturated carbocycles. The lowest BCUT2D eigenvalue weighted by Crippen LogP contribution is -2.48. The predicted molar refractivity (Wildman–Crippen MR) is 93.8 cm³/mol. The molecule has 1 aliphatic heterocycles. The molecule has 1 atom stereocenters. The molecule has 22 heavy (non-hydrogen) atoms. The second-order valence-electron chi connectivity index (χ2n) is 6.40. The molecule has 1 fully saturated rings. The molecule has 0 aromatic carbocycles. The van der Waals surface area contributed by atoms with Crippen molar-refractivity contribution in [3.63, 3.8) is 0 Å². The number of likely N-dealkylation sites (N-methyl/N-ethyl adjacent to an activating group) is 1. The van der Waals surface area contributed by atoms with Gasteiger partial charge in [0, 0.05) is 44.1 Å². The molecule has 2 heterocycles. The average molecular weight is 324 g/mol. The van der Waals surface area contributed by atoms with Crippen molar-refractivity contribution in [3.8, 4) is 0 Å². The average Bonchev–Trinajstić information content (AvgIpc) is 2.85. The van der Waals surface area contributed by atoms with E-state index < -0.39 is 0 Å². The number of hydrogen-bond donors (Lipinski definition) is 1. The van der Waals surface area contributed by atoms with Crippen LogP contribution in [0.3, 0.4) is 0 Å². The molecule has 1 N–H and O–H groups in total. The van der Waals surface area contributed by atoms with Gasteiger partial charge in [0.1, 0.15) is 0 Å². The normalized spacial score (nSPS) is 18.4. The number of piperazine rings is 1. The van der Waals surface area contributed by atoms with Crippen molar-refractivity contribution in [3.05, 3.63) is 21.4 Å². The van der Waals surface area contributed by atoms with Gasteiger partial charge in [-0.2, -0.15) is 0 Å². The number of nitrogens with one attached hydrogen (secondary N) is 1. The van der Waals surface area contributed by atoms with Crippen molar-refractivity contribution in [1.29, 1.82) is 0 Å². The molecule has 5 heteroatoms. The van der Waals surface area contributed by atoms with Crippen molar-refractivity contribution in [2.45, 2.75) is 27.7 Å². The van der Waals surface area contributed by atoms with Gasteiger partial charge in [0.25, 0.3) is 5.91 Å². The summed E-state index contributed by atoms with van der Waals surface area (Å²) >= 11 is 1.58. The van der Waals surface area contributed by atoms with Crippen LogP contribution in [0.15, 0.2) is 6.07 Å². The lowest BCUT2D eigenvalue weighted by molar-refractivity contribution is 0.0937. The molecule has 2 rings (SSSR count). The van der Waals surface area contributed by atoms with Gasteiger partial charge in [0.2, 0.25) is 0 Å². The van der Waals surface area contributed by atoms with Gasteiger partial charge in [0.15, 0.2) is 0 Å². The summed E-state index contributed by atoms with van der Waals surface area (Å²) < 4.78 is 0. The van der Waals surface area contributed by atoms with E-state index in [0.717, 1.165) is 37.6 Å². The van der Waals surface area contributed by atoms with E-state index in [4.69, 9.17) is 0 Å². The highest BCUT2D eigenvalue weighted by molar-refractivity contribution is 7.14. The smallest absolute Gasteiger partial charge is 0.261 e. The Bertz CT molecular complexity index is 473. The van der Waals surface area contributed by atoms with Gasteiger partial charge in [0.05, 0.1) is 4.88 Å². The van der Waals surface area contributed by atoms with Crippen LogP contribution in [0.25, 0.3) is 0 Å². The number of rotatable bonds is 6. The van der Waals surface area contributed by atoms with E-state index in [1.165, 1.54) is 23.5 Å². The Balaban J connectivity index is 1.71. The topological polar surface area (TPSA) is 35.6 Å². The predicted octanol–water partition coefficient (Wildman–Crippen LogP) is 2.37. The molecule has 1 aromatic rings. The Labute approximate surface area is 138 Å². The summed E-state index contributed by atoms with van der Waals surface area (Å²) in [5.74, 6) is 0.558. The fourth-order valence-electron chi connectivity index (χ4n) is 2.83. The fraction of sp³-hybridized carbons (Fsp3) is 0.706. The standard InChI is InChI=1S/C17H29N3OS/c1-5-19-6-8-20(9-7-19)12-13(2)11-18-17(21)16-10-14(3)15(4)22-16/h10,13H,5-9,11-12H2,1-4H3,(H,18,21)/t13-/m1/s1. The van der Waals surface area contributed by atoms with Gasteiger partial charge in [-0.25, -0.2) is 0 Å². The van der Waals surface area contributed by atoms with Gasteiger partial charge < -0.3 is 15.1 Å². The van der Waals surface area contributed by atoms with E-state index >= 15 is 0 Å². The quantitative estimate of drug-likeness (QED) is 0.873. The van der Waals surface area contributed by atoms with Gasteiger partial charge in [-0.15, -0.1) is 11.3 Å². The molecule has 1 aromatic heterocycles. The number of thiophene rings is 1. The highest BCUT2D eigenvalue weighted by Crippen LogP contribution is 2.20. The Morgan fingerprint density at radius 1 is 1.27 bits per heavy atom. The van der Waals surface area contributed by atoms with Crippen LogP contribution in [0.5, 0.6) is 0 Å². The second-order valence-corrected chi connectivity index (χ2v) is 7.66. The van der Waals surface area contributed by atoms with Crippen molar-refractivity contribution in [2.24, 2.45) is 5.92 Å². The summed E-state index contributed by atoms with van der Waals surface area (Å²) in [5.41, 5.74) is 1.21. The van der Waals surface area contributed by atoms with Crippen LogP contribution in [-0.2, 0) is 0 Å². The third kappa shape index (κ3) is 4.80. The van der Waals surface area contributed by atoms with Gasteiger partial charge >= 0.3 is 0 Å². The molecule has 1 amide bonds. The van der Waals surface area contributed by atoms with Crippen LogP contribution in [0, 0.1) is 19.8 Å². The van der Waals surface area contributed by atoms with Crippen molar-refractivity contribution >= 4 is 17.2 Å². The number of carbonyl (C=O) groups excluding carboxylic acids is 1. The SMILES string of the molecule is CCN1CCN(C[C@H](C)CNC(=O)c2cc(C)c(C)s2)CC1. The Morgan fingerprint density at radius 3 is 2.45 bits per heavy atom. The molecule has 124 valence electrons. The largest absolute Gasteiger partial charge is 0.351 e. The highest BCUT2D eigenvalue weighted by Gasteiger charge is 2.18. The molecule has 1 saturated heterocycles. The number of carbonyl (C=O) groups is 1. The van der Waals surface area contributed by atoms with E-state index in [1.54, 1.807) is 11.3 Å². The lowest BCUT2D eigenvalue weighted by atomic mass is 10.1. The van der Waals surface area contributed by atoms with Crippen LogP contribution in [-0.4, -0.2) is 61.5 Å². The number of hydrogen-bond acceptors (Lipinski definition) is 4. The summed E-state index contributed by atoms with van der Waals surface area (Å²) in [6.07, 6.45) is 0. The maximum absolute atomic E-state index is 12.2. The van der Waals surface area contributed by atoms with E-state index in [2.05, 4.69) is 42.8 Å². The van der Waals surface area contributed by atoms with E-state index in [-0.39, 0.29) is 5.91 Å². The Morgan fingerprint density at radius 2 is 1.91 bits per heavy atom. The minimum absolute atomic E-state index is 0.0730. The van der Waals surface area contributed by atoms with Crippen LogP contribution in [0.4, 0.5) is 0 Å². The summed E-state index contributed by atoms with van der Waals surface area (Å²) in [6, 6.07) is 1.99. The third-order valence-corrected chi connectivity index (χ3v) is 5.63. The van der Waals surface area contributed by atoms with Crippen LogP contribution in [0.2, 0.25) is 0 Å². The third-order valence-electron chi connectivity index (χ3n) is 4.48. The number of amides is 1. The van der Waals surface area contributed by atoms with Crippen LogP contribution < -0.4 is 5.32 Å². The van der Waals surface area contributed by atoms with Crippen LogP contribution in [0.1, 0.15) is 34.0 Å². The minimum Gasteiger partial charge on any atom is -0.351 e. The molecule has 0 radical (unpaired) electrons. The minimum atomic E-state index is 0.0730.